The van der Waals surface area contributed by atoms with Crippen molar-refractivity contribution in [2.24, 2.45) is 10.9 Å². The number of fused-ring (bicyclic) bond motifs is 2. The summed E-state index contributed by atoms with van der Waals surface area (Å²) in [6, 6.07) is 12.3. The Hall–Kier alpha value is -3.85. The van der Waals surface area contributed by atoms with Gasteiger partial charge in [-0.1, -0.05) is 43.4 Å². The summed E-state index contributed by atoms with van der Waals surface area (Å²) in [5.41, 5.74) is 2.18. The van der Waals surface area contributed by atoms with E-state index in [-0.39, 0.29) is 19.0 Å². The number of esters is 1. The third-order valence-corrected chi connectivity index (χ3v) is 6.97. The van der Waals surface area contributed by atoms with Crippen molar-refractivity contribution in [3.05, 3.63) is 84.5 Å². The number of aromatic nitrogens is 1. The van der Waals surface area contributed by atoms with Crippen molar-refractivity contribution < 1.29 is 23.7 Å². The lowest BCUT2D eigenvalue weighted by atomic mass is 9.95. The Morgan fingerprint density at radius 2 is 1.95 bits per heavy atom. The van der Waals surface area contributed by atoms with Crippen LogP contribution in [0.2, 0.25) is 0 Å². The minimum atomic E-state index is -0.709. The highest BCUT2D eigenvalue weighted by Crippen LogP contribution is 2.38. The molecule has 0 saturated heterocycles. The first-order chi connectivity index (χ1) is 17.9. The van der Waals surface area contributed by atoms with Crippen LogP contribution in [0, 0.1) is 5.92 Å². The van der Waals surface area contributed by atoms with Gasteiger partial charge in [-0.05, 0) is 61.2 Å². The van der Waals surface area contributed by atoms with Crippen LogP contribution >= 0.6 is 11.3 Å². The van der Waals surface area contributed by atoms with Crippen LogP contribution < -0.4 is 29.1 Å². The van der Waals surface area contributed by atoms with E-state index >= 15 is 0 Å². The molecule has 5 rings (SSSR count). The number of benzene rings is 2. The smallest absolute Gasteiger partial charge is 0.338 e. The highest BCUT2D eigenvalue weighted by molar-refractivity contribution is 7.07. The average Bonchev–Trinajstić information content (AvgIpc) is 3.46. The van der Waals surface area contributed by atoms with Gasteiger partial charge in [0, 0.05) is 0 Å². The standard InChI is InChI=1S/C28H28N2O6S/c1-5-33-27(32)24-17(4)29-28-30(25(24)19-8-11-21-22(13-19)36-15-35-21)26(31)23(37-28)12-18-6-9-20(10-7-18)34-14-16(2)3/h6-13,16,25H,5,14-15H2,1-4H3/b23-12+/t25-/m0/s1. The Bertz CT molecular complexity index is 1550. The zero-order valence-electron chi connectivity index (χ0n) is 21.1. The van der Waals surface area contributed by atoms with E-state index in [4.69, 9.17) is 18.9 Å². The number of ether oxygens (including phenoxy) is 4. The molecule has 2 aromatic carbocycles. The van der Waals surface area contributed by atoms with Gasteiger partial charge in [0.25, 0.3) is 5.56 Å². The first-order valence-corrected chi connectivity index (χ1v) is 13.0. The zero-order valence-corrected chi connectivity index (χ0v) is 22.0. The van der Waals surface area contributed by atoms with E-state index in [1.165, 1.54) is 11.3 Å². The summed E-state index contributed by atoms with van der Waals surface area (Å²) in [5, 5.41) is 0. The number of nitrogens with zero attached hydrogens (tertiary/aromatic N) is 2. The molecule has 0 N–H and O–H groups in total. The Labute approximate surface area is 218 Å². The molecule has 0 amide bonds. The largest absolute Gasteiger partial charge is 0.493 e. The zero-order chi connectivity index (χ0) is 26.1. The van der Waals surface area contributed by atoms with Gasteiger partial charge in [-0.15, -0.1) is 0 Å². The molecule has 192 valence electrons. The fourth-order valence-corrected chi connectivity index (χ4v) is 5.31. The van der Waals surface area contributed by atoms with E-state index in [0.29, 0.717) is 50.2 Å². The lowest BCUT2D eigenvalue weighted by molar-refractivity contribution is -0.139. The van der Waals surface area contributed by atoms with Crippen LogP contribution in [0.1, 0.15) is 44.9 Å². The molecule has 0 aliphatic carbocycles. The van der Waals surface area contributed by atoms with Crippen LogP contribution in [0.15, 0.2) is 63.5 Å². The first-order valence-electron chi connectivity index (χ1n) is 12.2. The van der Waals surface area contributed by atoms with Crippen molar-refractivity contribution in [2.45, 2.75) is 33.7 Å². The molecule has 3 aromatic rings. The second kappa shape index (κ2) is 10.3. The van der Waals surface area contributed by atoms with Crippen molar-refractivity contribution in [1.82, 2.24) is 4.57 Å². The number of allylic oxidation sites excluding steroid dienone is 1. The minimum Gasteiger partial charge on any atom is -0.493 e. The highest BCUT2D eigenvalue weighted by atomic mass is 32.1. The molecule has 0 bridgehead atoms. The predicted molar refractivity (Wildman–Crippen MR) is 140 cm³/mol. The maximum Gasteiger partial charge on any atom is 0.338 e. The molecule has 0 spiro atoms. The molecule has 1 atom stereocenters. The summed E-state index contributed by atoms with van der Waals surface area (Å²) < 4.78 is 24.2. The Morgan fingerprint density at radius 1 is 1.19 bits per heavy atom. The quantitative estimate of drug-likeness (QED) is 0.443. The van der Waals surface area contributed by atoms with E-state index in [9.17, 15) is 9.59 Å². The fraction of sp³-hybridized carbons (Fsp3) is 0.321. The number of rotatable bonds is 7. The predicted octanol–water partition coefficient (Wildman–Crippen LogP) is 3.56. The summed E-state index contributed by atoms with van der Waals surface area (Å²) in [5.74, 6) is 1.90. The SMILES string of the molecule is CCOC(=O)C1=C(C)N=c2s/c(=C/c3ccc(OCC(C)C)cc3)c(=O)n2[C@H]1c1ccc2c(c1)OCO2. The molecule has 3 heterocycles. The van der Waals surface area contributed by atoms with E-state index in [0.717, 1.165) is 11.3 Å². The van der Waals surface area contributed by atoms with Crippen LogP contribution in [0.3, 0.4) is 0 Å². The van der Waals surface area contributed by atoms with Crippen molar-refractivity contribution in [2.75, 3.05) is 20.0 Å². The molecule has 0 radical (unpaired) electrons. The maximum atomic E-state index is 13.7. The first kappa shape index (κ1) is 24.8. The highest BCUT2D eigenvalue weighted by Gasteiger charge is 2.34. The molecule has 8 nitrogen and oxygen atoms in total. The molecular formula is C28H28N2O6S. The molecule has 2 aliphatic rings. The third-order valence-electron chi connectivity index (χ3n) is 5.99. The van der Waals surface area contributed by atoms with E-state index in [1.807, 2.05) is 36.4 Å². The Balaban J connectivity index is 1.60. The van der Waals surface area contributed by atoms with Crippen molar-refractivity contribution in [3.8, 4) is 17.2 Å². The van der Waals surface area contributed by atoms with Crippen molar-refractivity contribution in [3.63, 3.8) is 0 Å². The molecule has 0 fully saturated rings. The number of hydrogen-bond acceptors (Lipinski definition) is 8. The van der Waals surface area contributed by atoms with Crippen LogP contribution in [-0.4, -0.2) is 30.5 Å². The van der Waals surface area contributed by atoms with Crippen molar-refractivity contribution >= 4 is 23.4 Å². The van der Waals surface area contributed by atoms with Gasteiger partial charge in [0.1, 0.15) is 5.75 Å². The normalized spacial score (nSPS) is 16.6. The number of hydrogen-bond donors (Lipinski definition) is 0. The number of carbonyl (C=O) groups excluding carboxylic acids is 1. The van der Waals surface area contributed by atoms with Crippen LogP contribution in [-0.2, 0) is 9.53 Å². The van der Waals surface area contributed by atoms with Gasteiger partial charge in [0.2, 0.25) is 6.79 Å². The molecule has 0 unspecified atom stereocenters. The Kier molecular flexibility index (Phi) is 6.88. The molecule has 9 heteroatoms. The summed E-state index contributed by atoms with van der Waals surface area (Å²) in [6.07, 6.45) is 1.83. The lowest BCUT2D eigenvalue weighted by Gasteiger charge is -2.24. The van der Waals surface area contributed by atoms with E-state index < -0.39 is 12.0 Å². The maximum absolute atomic E-state index is 13.7. The monoisotopic (exact) mass is 520 g/mol. The van der Waals surface area contributed by atoms with Crippen LogP contribution in [0.25, 0.3) is 6.08 Å². The third kappa shape index (κ3) is 4.91. The van der Waals surface area contributed by atoms with E-state index in [2.05, 4.69) is 18.8 Å². The average molecular weight is 521 g/mol. The number of carbonyl (C=O) groups is 1. The van der Waals surface area contributed by atoms with Gasteiger partial charge >= 0.3 is 5.97 Å². The summed E-state index contributed by atoms with van der Waals surface area (Å²) >= 11 is 1.28. The van der Waals surface area contributed by atoms with E-state index in [1.54, 1.807) is 30.5 Å². The molecule has 1 aromatic heterocycles. The topological polar surface area (TPSA) is 88.4 Å². The summed E-state index contributed by atoms with van der Waals surface area (Å²) in [7, 11) is 0. The molecule has 37 heavy (non-hydrogen) atoms. The Morgan fingerprint density at radius 3 is 2.68 bits per heavy atom. The fourth-order valence-electron chi connectivity index (χ4n) is 4.26. The van der Waals surface area contributed by atoms with Crippen LogP contribution in [0.4, 0.5) is 0 Å². The van der Waals surface area contributed by atoms with Gasteiger partial charge in [0.15, 0.2) is 16.3 Å². The van der Waals surface area contributed by atoms with Crippen LogP contribution in [0.5, 0.6) is 17.2 Å². The summed E-state index contributed by atoms with van der Waals surface area (Å²) in [6.45, 7) is 8.68. The molecule has 0 saturated carbocycles. The van der Waals surface area contributed by atoms with Gasteiger partial charge in [-0.3, -0.25) is 9.36 Å². The second-order valence-electron chi connectivity index (χ2n) is 9.19. The van der Waals surface area contributed by atoms with Gasteiger partial charge in [0.05, 0.1) is 35.1 Å². The number of thiazole rings is 1. The van der Waals surface area contributed by atoms with Gasteiger partial charge in [-0.2, -0.15) is 0 Å². The van der Waals surface area contributed by atoms with Gasteiger partial charge < -0.3 is 18.9 Å². The lowest BCUT2D eigenvalue weighted by Crippen LogP contribution is -2.39. The minimum absolute atomic E-state index is 0.127. The second-order valence-corrected chi connectivity index (χ2v) is 10.2. The molecular weight excluding hydrogens is 492 g/mol. The van der Waals surface area contributed by atoms with Crippen molar-refractivity contribution in [1.29, 1.82) is 0 Å². The van der Waals surface area contributed by atoms with Gasteiger partial charge in [-0.25, -0.2) is 9.79 Å². The molecule has 2 aliphatic heterocycles. The summed E-state index contributed by atoms with van der Waals surface area (Å²) in [4.78, 5) is 31.9.